The molecule has 0 spiro atoms. The van der Waals surface area contributed by atoms with Crippen molar-refractivity contribution in [2.75, 3.05) is 0 Å². The summed E-state index contributed by atoms with van der Waals surface area (Å²) in [6, 6.07) is 3.44. The molecule has 2 aromatic rings. The Balaban J connectivity index is 2.85. The predicted molar refractivity (Wildman–Crippen MR) is 61.2 cm³/mol. The van der Waals surface area contributed by atoms with Crippen LogP contribution in [0.2, 0.25) is 0 Å². The van der Waals surface area contributed by atoms with Crippen LogP contribution in [0.25, 0.3) is 11.0 Å². The van der Waals surface area contributed by atoms with E-state index in [0.29, 0.717) is 11.0 Å². The lowest BCUT2D eigenvalue weighted by molar-refractivity contribution is -0.140. The maximum absolute atomic E-state index is 11.9. The van der Waals surface area contributed by atoms with Crippen molar-refractivity contribution in [1.82, 2.24) is 9.13 Å². The first-order chi connectivity index (χ1) is 7.93. The Hall–Kier alpha value is -2.24. The van der Waals surface area contributed by atoms with Crippen LogP contribution in [-0.4, -0.2) is 25.3 Å². The van der Waals surface area contributed by atoms with Gasteiger partial charge in [0.25, 0.3) is 0 Å². The van der Waals surface area contributed by atoms with Crippen molar-refractivity contribution in [2.45, 2.75) is 13.0 Å². The third-order valence-corrected chi connectivity index (χ3v) is 2.82. The first-order valence-electron chi connectivity index (χ1n) is 5.06. The number of aryl methyl sites for hydroxylation is 1. The van der Waals surface area contributed by atoms with E-state index in [2.05, 4.69) is 0 Å². The van der Waals surface area contributed by atoms with Crippen molar-refractivity contribution in [3.63, 3.8) is 0 Å². The number of aromatic nitrogens is 2. The summed E-state index contributed by atoms with van der Waals surface area (Å²) in [5, 5.41) is 18.3. The Morgan fingerprint density at radius 2 is 2.00 bits per heavy atom. The molecule has 6 heteroatoms. The number of phenolic OH excluding ortho intramolecular Hbond substituents is 1. The van der Waals surface area contributed by atoms with Gasteiger partial charge in [0.15, 0.2) is 0 Å². The van der Waals surface area contributed by atoms with Gasteiger partial charge in [-0.1, -0.05) is 0 Å². The predicted octanol–water partition coefficient (Wildman–Crippen LogP) is 0.691. The molecule has 0 fully saturated rings. The number of rotatable bonds is 2. The van der Waals surface area contributed by atoms with Gasteiger partial charge in [0.1, 0.15) is 11.8 Å². The molecule has 0 saturated carbocycles. The molecule has 1 unspecified atom stereocenters. The number of aromatic hydroxyl groups is 1. The first kappa shape index (κ1) is 11.3. The van der Waals surface area contributed by atoms with E-state index in [1.807, 2.05) is 0 Å². The minimum atomic E-state index is -1.08. The number of aliphatic carboxylic acids is 1. The summed E-state index contributed by atoms with van der Waals surface area (Å²) in [4.78, 5) is 22.9. The summed E-state index contributed by atoms with van der Waals surface area (Å²) >= 11 is 0. The highest BCUT2D eigenvalue weighted by Crippen LogP contribution is 2.21. The van der Waals surface area contributed by atoms with Gasteiger partial charge in [-0.3, -0.25) is 9.13 Å². The third kappa shape index (κ3) is 1.57. The van der Waals surface area contributed by atoms with Crippen LogP contribution in [-0.2, 0) is 11.8 Å². The van der Waals surface area contributed by atoms with E-state index in [0.717, 1.165) is 0 Å². The minimum Gasteiger partial charge on any atom is -0.508 e. The molecular formula is C11H12N2O4. The van der Waals surface area contributed by atoms with Gasteiger partial charge in [-0.15, -0.1) is 0 Å². The average molecular weight is 236 g/mol. The summed E-state index contributed by atoms with van der Waals surface area (Å²) in [7, 11) is 1.54. The maximum atomic E-state index is 11.9. The van der Waals surface area contributed by atoms with Crippen LogP contribution in [0.3, 0.4) is 0 Å². The van der Waals surface area contributed by atoms with E-state index in [1.165, 1.54) is 41.3 Å². The largest absolute Gasteiger partial charge is 0.508 e. The molecule has 0 aliphatic rings. The molecule has 2 N–H and O–H groups in total. The zero-order valence-electron chi connectivity index (χ0n) is 9.41. The lowest BCUT2D eigenvalue weighted by atomic mass is 10.2. The Morgan fingerprint density at radius 1 is 1.35 bits per heavy atom. The second-order valence-electron chi connectivity index (χ2n) is 3.90. The van der Waals surface area contributed by atoms with Gasteiger partial charge in [0.2, 0.25) is 0 Å². The third-order valence-electron chi connectivity index (χ3n) is 2.82. The summed E-state index contributed by atoms with van der Waals surface area (Å²) in [6.45, 7) is 1.44. The monoisotopic (exact) mass is 236 g/mol. The number of carbonyl (C=O) groups is 1. The SMILES string of the molecule is CC(C(=O)O)n1c(=O)n(C)c2cc(O)ccc21. The quantitative estimate of drug-likeness (QED) is 0.803. The Kier molecular flexibility index (Phi) is 2.42. The molecule has 17 heavy (non-hydrogen) atoms. The molecule has 0 amide bonds. The van der Waals surface area contributed by atoms with Gasteiger partial charge >= 0.3 is 11.7 Å². The van der Waals surface area contributed by atoms with E-state index in [9.17, 15) is 14.7 Å². The molecule has 6 nitrogen and oxygen atoms in total. The standard InChI is InChI=1S/C11H12N2O4/c1-6(10(15)16)13-8-4-3-7(14)5-9(8)12(2)11(13)17/h3-6,14H,1-2H3,(H,15,16). The highest BCUT2D eigenvalue weighted by Gasteiger charge is 2.20. The van der Waals surface area contributed by atoms with Crippen molar-refractivity contribution < 1.29 is 15.0 Å². The molecule has 0 aliphatic carbocycles. The van der Waals surface area contributed by atoms with Gasteiger partial charge in [0, 0.05) is 13.1 Å². The number of phenols is 1. The van der Waals surface area contributed by atoms with Crippen LogP contribution < -0.4 is 5.69 Å². The van der Waals surface area contributed by atoms with E-state index >= 15 is 0 Å². The normalized spacial score (nSPS) is 12.8. The zero-order valence-corrected chi connectivity index (χ0v) is 9.41. The smallest absolute Gasteiger partial charge is 0.329 e. The number of carboxylic acid groups (broad SMARTS) is 1. The number of imidazole rings is 1. The molecule has 0 aliphatic heterocycles. The molecule has 1 aromatic carbocycles. The number of hydrogen-bond acceptors (Lipinski definition) is 3. The maximum Gasteiger partial charge on any atom is 0.329 e. The fourth-order valence-electron chi connectivity index (χ4n) is 1.84. The van der Waals surface area contributed by atoms with Crippen LogP contribution in [0.4, 0.5) is 0 Å². The van der Waals surface area contributed by atoms with E-state index in [4.69, 9.17) is 5.11 Å². The highest BCUT2D eigenvalue weighted by molar-refractivity contribution is 5.81. The Labute approximate surface area is 96.3 Å². The molecule has 0 saturated heterocycles. The van der Waals surface area contributed by atoms with Crippen LogP contribution in [0.1, 0.15) is 13.0 Å². The molecular weight excluding hydrogens is 224 g/mol. The molecule has 1 atom stereocenters. The molecule has 0 radical (unpaired) electrons. The van der Waals surface area contributed by atoms with Crippen LogP contribution in [0, 0.1) is 0 Å². The topological polar surface area (TPSA) is 84.5 Å². The number of hydrogen-bond donors (Lipinski definition) is 2. The summed E-state index contributed by atoms with van der Waals surface area (Å²) in [5.74, 6) is -1.04. The number of benzene rings is 1. The van der Waals surface area contributed by atoms with Crippen molar-refractivity contribution in [1.29, 1.82) is 0 Å². The number of nitrogens with zero attached hydrogens (tertiary/aromatic N) is 2. The summed E-state index contributed by atoms with van der Waals surface area (Å²) < 4.78 is 2.51. The van der Waals surface area contributed by atoms with Gasteiger partial charge < -0.3 is 10.2 Å². The first-order valence-corrected chi connectivity index (χ1v) is 5.06. The highest BCUT2D eigenvalue weighted by atomic mass is 16.4. The molecule has 90 valence electrons. The van der Waals surface area contributed by atoms with Crippen LogP contribution in [0.5, 0.6) is 5.75 Å². The van der Waals surface area contributed by atoms with Crippen LogP contribution >= 0.6 is 0 Å². The number of carboxylic acids is 1. The van der Waals surface area contributed by atoms with Crippen molar-refractivity contribution in [2.24, 2.45) is 7.05 Å². The lowest BCUT2D eigenvalue weighted by Crippen LogP contribution is -2.28. The number of fused-ring (bicyclic) bond motifs is 1. The average Bonchev–Trinajstić information content (AvgIpc) is 2.51. The second kappa shape index (κ2) is 3.65. The Bertz CT molecular complexity index is 653. The minimum absolute atomic E-state index is 0.0354. The molecule has 1 heterocycles. The second-order valence-corrected chi connectivity index (χ2v) is 3.90. The molecule has 0 bridgehead atoms. The van der Waals surface area contributed by atoms with Gasteiger partial charge in [-0.25, -0.2) is 9.59 Å². The van der Waals surface area contributed by atoms with E-state index in [1.54, 1.807) is 0 Å². The molecule has 2 rings (SSSR count). The van der Waals surface area contributed by atoms with Crippen molar-refractivity contribution >= 4 is 17.0 Å². The summed E-state index contributed by atoms with van der Waals surface area (Å²) in [6.07, 6.45) is 0. The van der Waals surface area contributed by atoms with Gasteiger partial charge in [-0.2, -0.15) is 0 Å². The fourth-order valence-corrected chi connectivity index (χ4v) is 1.84. The van der Waals surface area contributed by atoms with Gasteiger partial charge in [-0.05, 0) is 19.1 Å². The van der Waals surface area contributed by atoms with Gasteiger partial charge in [0.05, 0.1) is 11.0 Å². The van der Waals surface area contributed by atoms with E-state index < -0.39 is 17.7 Å². The van der Waals surface area contributed by atoms with Crippen LogP contribution in [0.15, 0.2) is 23.0 Å². The zero-order chi connectivity index (χ0) is 12.7. The van der Waals surface area contributed by atoms with E-state index in [-0.39, 0.29) is 5.75 Å². The van der Waals surface area contributed by atoms with Crippen molar-refractivity contribution in [3.05, 3.63) is 28.7 Å². The fraction of sp³-hybridized carbons (Fsp3) is 0.273. The Morgan fingerprint density at radius 3 is 2.59 bits per heavy atom. The molecule has 1 aromatic heterocycles. The summed E-state index contributed by atoms with van der Waals surface area (Å²) in [5.41, 5.74) is 0.578. The van der Waals surface area contributed by atoms with Crippen molar-refractivity contribution in [3.8, 4) is 5.75 Å². The lowest BCUT2D eigenvalue weighted by Gasteiger charge is -2.07.